The zero-order valence-electron chi connectivity index (χ0n) is 12.5. The minimum Gasteiger partial charge on any atom is -0.342 e. The highest BCUT2D eigenvalue weighted by Gasteiger charge is 2.18. The molecule has 3 heterocycles. The molecule has 0 aliphatic carbocycles. The van der Waals surface area contributed by atoms with Crippen LogP contribution in [0.4, 0.5) is 5.13 Å². The highest BCUT2D eigenvalue weighted by molar-refractivity contribution is 8.00. The van der Waals surface area contributed by atoms with Crippen molar-refractivity contribution in [2.45, 2.75) is 12.8 Å². The molecule has 0 unspecified atom stereocenters. The van der Waals surface area contributed by atoms with Gasteiger partial charge >= 0.3 is 0 Å². The molecule has 1 N–H and O–H groups in total. The first-order valence-electron chi connectivity index (χ1n) is 7.37. The van der Waals surface area contributed by atoms with Crippen LogP contribution in [0, 0.1) is 0 Å². The fraction of sp³-hybridized carbons (Fsp3) is 0.400. The Balaban J connectivity index is 1.42. The lowest BCUT2D eigenvalue weighted by Gasteiger charge is -2.14. The zero-order valence-corrected chi connectivity index (χ0v) is 14.9. The van der Waals surface area contributed by atoms with E-state index in [0.29, 0.717) is 10.9 Å². The molecule has 1 aliphatic heterocycles. The molecule has 122 valence electrons. The van der Waals surface area contributed by atoms with Crippen molar-refractivity contribution in [3.05, 3.63) is 22.9 Å². The van der Waals surface area contributed by atoms with Gasteiger partial charge in [-0.25, -0.2) is 4.98 Å². The van der Waals surface area contributed by atoms with Crippen molar-refractivity contribution >= 4 is 51.4 Å². The van der Waals surface area contributed by atoms with Crippen molar-refractivity contribution in [2.75, 3.05) is 29.9 Å². The first-order chi connectivity index (χ1) is 11.2. The molecule has 3 rings (SSSR count). The number of aromatic nitrogens is 1. The molecule has 0 atom stereocenters. The fourth-order valence-corrected chi connectivity index (χ4v) is 4.52. The van der Waals surface area contributed by atoms with Gasteiger partial charge in [0.2, 0.25) is 11.8 Å². The molecule has 5 nitrogen and oxygen atoms in total. The van der Waals surface area contributed by atoms with Crippen LogP contribution in [0.3, 0.4) is 0 Å². The number of nitrogens with zero attached hydrogens (tertiary/aromatic N) is 2. The van der Waals surface area contributed by atoms with Gasteiger partial charge in [0.05, 0.1) is 22.1 Å². The standard InChI is InChI=1S/C15H17N3O2S3/c19-13(9-21-10-14(20)18-5-1-2-6-18)17-15-16-11(8-23-15)12-4-3-7-22-12/h3-4,7-8H,1-2,5-6,9-10H2,(H,16,17,19). The maximum atomic E-state index is 11.9. The van der Waals surface area contributed by atoms with Crippen LogP contribution in [-0.4, -0.2) is 46.3 Å². The van der Waals surface area contributed by atoms with E-state index in [4.69, 9.17) is 0 Å². The maximum absolute atomic E-state index is 11.9. The van der Waals surface area contributed by atoms with Crippen LogP contribution in [0.15, 0.2) is 22.9 Å². The summed E-state index contributed by atoms with van der Waals surface area (Å²) in [5.74, 6) is 0.657. The minimum atomic E-state index is -0.115. The Morgan fingerprint density at radius 1 is 1.26 bits per heavy atom. The maximum Gasteiger partial charge on any atom is 0.236 e. The van der Waals surface area contributed by atoms with Gasteiger partial charge in [-0.15, -0.1) is 34.4 Å². The second-order valence-electron chi connectivity index (χ2n) is 5.14. The topological polar surface area (TPSA) is 62.3 Å². The van der Waals surface area contributed by atoms with Crippen LogP contribution >= 0.6 is 34.4 Å². The average Bonchev–Trinajstić information content (AvgIpc) is 3.28. The Morgan fingerprint density at radius 3 is 2.83 bits per heavy atom. The van der Waals surface area contributed by atoms with Gasteiger partial charge in [-0.05, 0) is 24.3 Å². The number of rotatable bonds is 6. The van der Waals surface area contributed by atoms with Crippen LogP contribution < -0.4 is 5.32 Å². The number of amides is 2. The number of carbonyl (C=O) groups excluding carboxylic acids is 2. The third-order valence-electron chi connectivity index (χ3n) is 3.44. The van der Waals surface area contributed by atoms with Crippen molar-refractivity contribution in [2.24, 2.45) is 0 Å². The van der Waals surface area contributed by atoms with Crippen LogP contribution in [0.1, 0.15) is 12.8 Å². The van der Waals surface area contributed by atoms with Crippen LogP contribution in [-0.2, 0) is 9.59 Å². The molecule has 23 heavy (non-hydrogen) atoms. The fourth-order valence-electron chi connectivity index (χ4n) is 2.31. The molecule has 1 saturated heterocycles. The number of thiazole rings is 1. The average molecular weight is 368 g/mol. The molecule has 1 fully saturated rings. The van der Waals surface area contributed by atoms with E-state index in [0.717, 1.165) is 36.5 Å². The normalized spacial score (nSPS) is 14.2. The van der Waals surface area contributed by atoms with Crippen LogP contribution in [0.25, 0.3) is 10.6 Å². The molecule has 0 spiro atoms. The molecule has 0 aromatic carbocycles. The van der Waals surface area contributed by atoms with Crippen molar-refractivity contribution in [3.63, 3.8) is 0 Å². The van der Waals surface area contributed by atoms with Crippen molar-refractivity contribution in [1.82, 2.24) is 9.88 Å². The molecule has 2 amide bonds. The summed E-state index contributed by atoms with van der Waals surface area (Å²) in [4.78, 5) is 31.2. The van der Waals surface area contributed by atoms with Gasteiger partial charge in [-0.1, -0.05) is 6.07 Å². The summed E-state index contributed by atoms with van der Waals surface area (Å²) in [6, 6.07) is 3.98. The number of thioether (sulfide) groups is 1. The Morgan fingerprint density at radius 2 is 2.09 bits per heavy atom. The molecule has 8 heteroatoms. The number of anilines is 1. The number of hydrogen-bond donors (Lipinski definition) is 1. The number of hydrogen-bond acceptors (Lipinski definition) is 6. The van der Waals surface area contributed by atoms with Crippen LogP contribution in [0.2, 0.25) is 0 Å². The van der Waals surface area contributed by atoms with Crippen molar-refractivity contribution in [1.29, 1.82) is 0 Å². The Hall–Kier alpha value is -1.38. The Bertz CT molecular complexity index is 663. The Kier molecular flexibility index (Phi) is 5.69. The van der Waals surface area contributed by atoms with E-state index in [9.17, 15) is 9.59 Å². The second kappa shape index (κ2) is 7.94. The molecule has 0 bridgehead atoms. The van der Waals surface area contributed by atoms with E-state index in [1.165, 1.54) is 23.1 Å². The van der Waals surface area contributed by atoms with Gasteiger partial charge in [0.15, 0.2) is 5.13 Å². The van der Waals surface area contributed by atoms with Gasteiger partial charge in [-0.3, -0.25) is 9.59 Å². The summed E-state index contributed by atoms with van der Waals surface area (Å²) in [6.07, 6.45) is 2.18. The third kappa shape index (κ3) is 4.55. The quantitative estimate of drug-likeness (QED) is 0.852. The summed E-state index contributed by atoms with van der Waals surface area (Å²) < 4.78 is 0. The minimum absolute atomic E-state index is 0.115. The zero-order chi connectivity index (χ0) is 16.1. The summed E-state index contributed by atoms with van der Waals surface area (Å²) in [5, 5.41) is 7.33. The first-order valence-corrected chi connectivity index (χ1v) is 10.3. The van der Waals surface area contributed by atoms with E-state index in [1.54, 1.807) is 11.3 Å². The number of nitrogens with one attached hydrogen (secondary N) is 1. The van der Waals surface area contributed by atoms with E-state index >= 15 is 0 Å². The summed E-state index contributed by atoms with van der Waals surface area (Å²) in [7, 11) is 0. The second-order valence-corrected chi connectivity index (χ2v) is 7.94. The summed E-state index contributed by atoms with van der Waals surface area (Å²) in [5.41, 5.74) is 0.886. The highest BCUT2D eigenvalue weighted by Crippen LogP contribution is 2.28. The number of likely N-dealkylation sites (tertiary alicyclic amines) is 1. The van der Waals surface area contributed by atoms with Crippen molar-refractivity contribution < 1.29 is 9.59 Å². The monoisotopic (exact) mass is 367 g/mol. The molecule has 2 aromatic heterocycles. The largest absolute Gasteiger partial charge is 0.342 e. The Labute approximate surface area is 147 Å². The van der Waals surface area contributed by atoms with E-state index in [2.05, 4.69) is 10.3 Å². The third-order valence-corrected chi connectivity index (χ3v) is 6.01. The van der Waals surface area contributed by atoms with Gasteiger partial charge < -0.3 is 10.2 Å². The molecule has 2 aromatic rings. The lowest BCUT2D eigenvalue weighted by molar-refractivity contribution is -0.127. The van der Waals surface area contributed by atoms with Gasteiger partial charge in [-0.2, -0.15) is 0 Å². The van der Waals surface area contributed by atoms with Gasteiger partial charge in [0.1, 0.15) is 0 Å². The molecular weight excluding hydrogens is 350 g/mol. The molecular formula is C15H17N3O2S3. The van der Waals surface area contributed by atoms with E-state index < -0.39 is 0 Å². The number of carbonyl (C=O) groups is 2. The summed E-state index contributed by atoms with van der Waals surface area (Å²) >= 11 is 4.39. The molecule has 0 saturated carbocycles. The molecule has 0 radical (unpaired) electrons. The number of thiophene rings is 1. The van der Waals surface area contributed by atoms with Gasteiger partial charge in [0.25, 0.3) is 0 Å². The smallest absolute Gasteiger partial charge is 0.236 e. The van der Waals surface area contributed by atoms with Crippen molar-refractivity contribution in [3.8, 4) is 10.6 Å². The highest BCUT2D eigenvalue weighted by atomic mass is 32.2. The van der Waals surface area contributed by atoms with Gasteiger partial charge in [0, 0.05) is 18.5 Å². The first kappa shape index (κ1) is 16.5. The predicted molar refractivity (Wildman–Crippen MR) is 97.2 cm³/mol. The lowest BCUT2D eigenvalue weighted by Crippen LogP contribution is -2.29. The molecule has 1 aliphatic rings. The SMILES string of the molecule is O=C(CSCC(=O)N1CCCC1)Nc1nc(-c2cccs2)cs1. The van der Waals surface area contributed by atoms with E-state index in [1.807, 2.05) is 27.8 Å². The van der Waals surface area contributed by atoms with E-state index in [-0.39, 0.29) is 17.6 Å². The summed E-state index contributed by atoms with van der Waals surface area (Å²) in [6.45, 7) is 1.71. The predicted octanol–water partition coefficient (Wildman–Crippen LogP) is 3.17. The lowest BCUT2D eigenvalue weighted by atomic mass is 10.4. The van der Waals surface area contributed by atoms with Crippen LogP contribution in [0.5, 0.6) is 0 Å².